The summed E-state index contributed by atoms with van der Waals surface area (Å²) in [6, 6.07) is 9.90. The van der Waals surface area contributed by atoms with Crippen LogP contribution in [0.25, 0.3) is 5.69 Å². The number of carbonyl (C=O) groups excluding carboxylic acids is 1. The standard InChI is InChI=1S/C14H11BrN2O/c15-9-3-1-4-10-12(9)14(6-7-14)16-13(18)11-5-2-8-17(10)11/h1-5,8H,6-7H2,(H,16,18). The molecule has 1 aliphatic heterocycles. The SMILES string of the molecule is O=C1NC2(CC2)c2c(Br)cccc2-n2cccc21. The van der Waals surface area contributed by atoms with Crippen LogP contribution in [-0.4, -0.2) is 10.5 Å². The van der Waals surface area contributed by atoms with Gasteiger partial charge in [-0.15, -0.1) is 0 Å². The summed E-state index contributed by atoms with van der Waals surface area (Å²) in [5.74, 6) is 0.0144. The fourth-order valence-corrected chi connectivity index (χ4v) is 3.54. The number of benzene rings is 1. The van der Waals surface area contributed by atoms with Crippen LogP contribution >= 0.6 is 15.9 Å². The first-order valence-corrected chi connectivity index (χ1v) is 6.80. The summed E-state index contributed by atoms with van der Waals surface area (Å²) in [4.78, 5) is 12.3. The quantitative estimate of drug-likeness (QED) is 0.797. The van der Waals surface area contributed by atoms with Gasteiger partial charge in [-0.05, 0) is 37.1 Å². The molecule has 2 aromatic rings. The van der Waals surface area contributed by atoms with E-state index in [1.165, 1.54) is 5.56 Å². The summed E-state index contributed by atoms with van der Waals surface area (Å²) in [5.41, 5.74) is 2.84. The molecule has 0 bridgehead atoms. The minimum absolute atomic E-state index is 0.0144. The third-order valence-electron chi connectivity index (χ3n) is 3.81. The van der Waals surface area contributed by atoms with Gasteiger partial charge < -0.3 is 9.88 Å². The van der Waals surface area contributed by atoms with Crippen LogP contribution in [0.5, 0.6) is 0 Å². The van der Waals surface area contributed by atoms with Crippen molar-refractivity contribution in [2.24, 2.45) is 0 Å². The summed E-state index contributed by atoms with van der Waals surface area (Å²) in [7, 11) is 0. The zero-order valence-corrected chi connectivity index (χ0v) is 11.2. The molecule has 4 heteroatoms. The van der Waals surface area contributed by atoms with Crippen molar-refractivity contribution in [3.8, 4) is 5.69 Å². The van der Waals surface area contributed by atoms with Crippen LogP contribution in [0, 0.1) is 0 Å². The van der Waals surface area contributed by atoms with Gasteiger partial charge in [-0.25, -0.2) is 0 Å². The Morgan fingerprint density at radius 1 is 1.22 bits per heavy atom. The summed E-state index contributed by atoms with van der Waals surface area (Å²) in [6.07, 6.45) is 3.97. The molecule has 2 heterocycles. The van der Waals surface area contributed by atoms with Gasteiger partial charge in [0.2, 0.25) is 0 Å². The highest BCUT2D eigenvalue weighted by molar-refractivity contribution is 9.10. The number of fused-ring (bicyclic) bond motifs is 4. The Morgan fingerprint density at radius 2 is 2.06 bits per heavy atom. The van der Waals surface area contributed by atoms with E-state index < -0.39 is 0 Å². The van der Waals surface area contributed by atoms with Crippen LogP contribution in [0.15, 0.2) is 41.0 Å². The van der Waals surface area contributed by atoms with E-state index in [0.29, 0.717) is 5.69 Å². The molecule has 0 radical (unpaired) electrons. The van der Waals surface area contributed by atoms with Gasteiger partial charge in [0.1, 0.15) is 5.69 Å². The third kappa shape index (κ3) is 1.21. The van der Waals surface area contributed by atoms with Crippen molar-refractivity contribution in [3.05, 3.63) is 52.3 Å². The Hall–Kier alpha value is -1.55. The molecule has 1 spiro atoms. The van der Waals surface area contributed by atoms with Gasteiger partial charge in [-0.2, -0.15) is 0 Å². The van der Waals surface area contributed by atoms with E-state index in [0.717, 1.165) is 23.0 Å². The van der Waals surface area contributed by atoms with Crippen LogP contribution < -0.4 is 5.32 Å². The van der Waals surface area contributed by atoms with E-state index in [-0.39, 0.29) is 11.4 Å². The topological polar surface area (TPSA) is 34.0 Å². The Balaban J connectivity index is 2.10. The van der Waals surface area contributed by atoms with Crippen LogP contribution in [-0.2, 0) is 5.54 Å². The lowest BCUT2D eigenvalue weighted by Gasteiger charge is -2.19. The highest BCUT2D eigenvalue weighted by Gasteiger charge is 2.50. The van der Waals surface area contributed by atoms with Crippen molar-refractivity contribution in [3.63, 3.8) is 0 Å². The van der Waals surface area contributed by atoms with Gasteiger partial charge in [0.25, 0.3) is 5.91 Å². The van der Waals surface area contributed by atoms with E-state index in [1.54, 1.807) is 0 Å². The molecular weight excluding hydrogens is 292 g/mol. The number of amides is 1. The fourth-order valence-electron chi connectivity index (χ4n) is 2.81. The molecule has 1 aliphatic carbocycles. The molecule has 1 aromatic heterocycles. The predicted octanol–water partition coefficient (Wildman–Crippen LogP) is 2.97. The largest absolute Gasteiger partial charge is 0.341 e. The highest BCUT2D eigenvalue weighted by Crippen LogP contribution is 2.51. The number of hydrogen-bond acceptors (Lipinski definition) is 1. The Bertz CT molecular complexity index is 670. The van der Waals surface area contributed by atoms with Crippen molar-refractivity contribution in [1.82, 2.24) is 9.88 Å². The molecular formula is C14H11BrN2O. The molecule has 1 amide bonds. The van der Waals surface area contributed by atoms with Crippen LogP contribution in [0.1, 0.15) is 28.9 Å². The van der Waals surface area contributed by atoms with Crippen molar-refractivity contribution < 1.29 is 4.79 Å². The second kappa shape index (κ2) is 3.26. The van der Waals surface area contributed by atoms with E-state index >= 15 is 0 Å². The van der Waals surface area contributed by atoms with E-state index in [1.807, 2.05) is 35.0 Å². The number of hydrogen-bond donors (Lipinski definition) is 1. The van der Waals surface area contributed by atoms with Crippen molar-refractivity contribution in [2.75, 3.05) is 0 Å². The maximum absolute atomic E-state index is 12.3. The highest BCUT2D eigenvalue weighted by atomic mass is 79.9. The molecule has 0 atom stereocenters. The number of aromatic nitrogens is 1. The second-order valence-corrected chi connectivity index (χ2v) is 5.79. The van der Waals surface area contributed by atoms with Gasteiger partial charge in [0, 0.05) is 16.2 Å². The molecule has 90 valence electrons. The number of carbonyl (C=O) groups is 1. The number of nitrogens with zero attached hydrogens (tertiary/aromatic N) is 1. The fraction of sp³-hybridized carbons (Fsp3) is 0.214. The van der Waals surface area contributed by atoms with Gasteiger partial charge in [-0.1, -0.05) is 22.0 Å². The monoisotopic (exact) mass is 302 g/mol. The number of rotatable bonds is 0. The molecule has 0 unspecified atom stereocenters. The normalized spacial score (nSPS) is 18.8. The smallest absolute Gasteiger partial charge is 0.268 e. The van der Waals surface area contributed by atoms with Crippen LogP contribution in [0.4, 0.5) is 0 Å². The maximum atomic E-state index is 12.3. The Kier molecular flexibility index (Phi) is 1.88. The third-order valence-corrected chi connectivity index (χ3v) is 4.47. The lowest BCUT2D eigenvalue weighted by molar-refractivity contribution is 0.0927. The summed E-state index contributed by atoms with van der Waals surface area (Å²) in [5, 5.41) is 3.18. The average molecular weight is 303 g/mol. The molecule has 18 heavy (non-hydrogen) atoms. The van der Waals surface area contributed by atoms with Gasteiger partial charge in [-0.3, -0.25) is 4.79 Å². The summed E-state index contributed by atoms with van der Waals surface area (Å²) < 4.78 is 3.04. The number of nitrogens with one attached hydrogen (secondary N) is 1. The minimum atomic E-state index is -0.161. The zero-order chi connectivity index (χ0) is 12.3. The molecule has 1 N–H and O–H groups in total. The summed E-state index contributed by atoms with van der Waals surface area (Å²) in [6.45, 7) is 0. The predicted molar refractivity (Wildman–Crippen MR) is 71.8 cm³/mol. The first-order chi connectivity index (χ1) is 8.71. The minimum Gasteiger partial charge on any atom is -0.341 e. The molecule has 2 aliphatic rings. The van der Waals surface area contributed by atoms with Crippen molar-refractivity contribution in [1.29, 1.82) is 0 Å². The van der Waals surface area contributed by atoms with Gasteiger partial charge >= 0.3 is 0 Å². The zero-order valence-electron chi connectivity index (χ0n) is 9.61. The Morgan fingerprint density at radius 3 is 2.83 bits per heavy atom. The van der Waals surface area contributed by atoms with Crippen molar-refractivity contribution in [2.45, 2.75) is 18.4 Å². The molecule has 1 saturated carbocycles. The molecule has 1 aromatic carbocycles. The maximum Gasteiger partial charge on any atom is 0.268 e. The number of halogens is 1. The second-order valence-electron chi connectivity index (χ2n) is 4.93. The van der Waals surface area contributed by atoms with Crippen LogP contribution in [0.2, 0.25) is 0 Å². The average Bonchev–Trinajstić information content (AvgIpc) is 2.96. The van der Waals surface area contributed by atoms with E-state index in [2.05, 4.69) is 27.3 Å². The summed E-state index contributed by atoms with van der Waals surface area (Å²) >= 11 is 3.63. The molecule has 4 rings (SSSR count). The first kappa shape index (κ1) is 10.4. The molecule has 1 fully saturated rings. The molecule has 0 saturated heterocycles. The van der Waals surface area contributed by atoms with Gasteiger partial charge in [0.15, 0.2) is 0 Å². The van der Waals surface area contributed by atoms with E-state index in [9.17, 15) is 4.79 Å². The van der Waals surface area contributed by atoms with Crippen molar-refractivity contribution >= 4 is 21.8 Å². The van der Waals surface area contributed by atoms with Crippen LogP contribution in [0.3, 0.4) is 0 Å². The lowest BCUT2D eigenvalue weighted by atomic mass is 10.0. The van der Waals surface area contributed by atoms with E-state index in [4.69, 9.17) is 0 Å². The first-order valence-electron chi connectivity index (χ1n) is 6.00. The lowest BCUT2D eigenvalue weighted by Crippen LogP contribution is -2.33. The Labute approximate surface area is 113 Å². The van der Waals surface area contributed by atoms with Gasteiger partial charge in [0.05, 0.1) is 11.2 Å². The molecule has 3 nitrogen and oxygen atoms in total.